The molecule has 22 heavy (non-hydrogen) atoms. The summed E-state index contributed by atoms with van der Waals surface area (Å²) >= 11 is 0. The van der Waals surface area contributed by atoms with Crippen LogP contribution in [0.15, 0.2) is 18.2 Å². The highest BCUT2D eigenvalue weighted by Crippen LogP contribution is 2.29. The first-order chi connectivity index (χ1) is 10.2. The van der Waals surface area contributed by atoms with Crippen LogP contribution in [0, 0.1) is 11.6 Å². The molecule has 0 unspecified atom stereocenters. The molecule has 0 aromatic heterocycles. The zero-order chi connectivity index (χ0) is 16.5. The maximum atomic E-state index is 13.9. The average molecular weight is 310 g/mol. The second-order valence-electron chi connectivity index (χ2n) is 6.27. The van der Waals surface area contributed by atoms with Gasteiger partial charge in [-0.3, -0.25) is 0 Å². The van der Waals surface area contributed by atoms with Gasteiger partial charge in [0.2, 0.25) is 0 Å². The first-order valence-corrected chi connectivity index (χ1v) is 7.09. The summed E-state index contributed by atoms with van der Waals surface area (Å²) in [5.41, 5.74) is 5.35. The Morgan fingerprint density at radius 3 is 2.32 bits per heavy atom. The second kappa shape index (κ2) is 5.94. The monoisotopic (exact) mass is 310 g/mol. The van der Waals surface area contributed by atoms with Crippen LogP contribution < -0.4 is 5.73 Å². The van der Waals surface area contributed by atoms with Gasteiger partial charge in [0.15, 0.2) is 0 Å². The van der Waals surface area contributed by atoms with Gasteiger partial charge in [0.1, 0.15) is 17.2 Å². The molecule has 2 N–H and O–H groups in total. The number of amides is 1. The molecule has 0 bridgehead atoms. The van der Waals surface area contributed by atoms with Crippen LogP contribution in [-0.4, -0.2) is 29.7 Å². The van der Waals surface area contributed by atoms with Gasteiger partial charge < -0.3 is 15.4 Å². The molecule has 6 heteroatoms. The van der Waals surface area contributed by atoms with Crippen molar-refractivity contribution in [2.75, 3.05) is 18.8 Å². The molecule has 0 spiro atoms. The van der Waals surface area contributed by atoms with E-state index in [4.69, 9.17) is 10.5 Å². The number of halogens is 2. The lowest BCUT2D eigenvalue weighted by molar-refractivity contribution is 0.0270. The van der Waals surface area contributed by atoms with Crippen LogP contribution in [0.2, 0.25) is 0 Å². The molecule has 1 aliphatic heterocycles. The van der Waals surface area contributed by atoms with E-state index in [1.807, 2.05) is 0 Å². The molecule has 1 heterocycles. The number of hydrogen-bond donors (Lipinski definition) is 1. The molecule has 0 radical (unpaired) electrons. The fourth-order valence-electron chi connectivity index (χ4n) is 2.29. The van der Waals surface area contributed by atoms with E-state index in [1.165, 1.54) is 4.90 Å². The molecular formula is C16H20F2N2O2. The van der Waals surface area contributed by atoms with Crippen molar-refractivity contribution >= 4 is 17.4 Å². The highest BCUT2D eigenvalue weighted by Gasteiger charge is 2.25. The average Bonchev–Trinajstić information content (AvgIpc) is 2.36. The van der Waals surface area contributed by atoms with Crippen molar-refractivity contribution < 1.29 is 18.3 Å². The third-order valence-corrected chi connectivity index (χ3v) is 3.25. The smallest absolute Gasteiger partial charge is 0.410 e. The van der Waals surface area contributed by atoms with Gasteiger partial charge >= 0.3 is 6.09 Å². The van der Waals surface area contributed by atoms with Crippen LogP contribution in [0.3, 0.4) is 0 Å². The lowest BCUT2D eigenvalue weighted by Crippen LogP contribution is -2.39. The van der Waals surface area contributed by atoms with Crippen molar-refractivity contribution in [2.45, 2.75) is 32.8 Å². The maximum Gasteiger partial charge on any atom is 0.410 e. The number of nitrogen functional groups attached to an aromatic ring is 1. The van der Waals surface area contributed by atoms with Crippen molar-refractivity contribution in [1.29, 1.82) is 0 Å². The molecule has 1 aliphatic rings. The lowest BCUT2D eigenvalue weighted by atomic mass is 9.98. The number of anilines is 1. The fourth-order valence-corrected chi connectivity index (χ4v) is 2.29. The Kier molecular flexibility index (Phi) is 4.39. The van der Waals surface area contributed by atoms with E-state index in [-0.39, 0.29) is 17.8 Å². The van der Waals surface area contributed by atoms with Gasteiger partial charge in [-0.2, -0.15) is 0 Å². The molecule has 1 aromatic rings. The molecule has 2 rings (SSSR count). The van der Waals surface area contributed by atoms with E-state index < -0.39 is 23.3 Å². The Bertz CT molecular complexity index is 598. The van der Waals surface area contributed by atoms with Crippen molar-refractivity contribution in [2.24, 2.45) is 0 Å². The standard InChI is InChI=1S/C16H20F2N2O2/c1-16(2,3)22-15(21)20-6-4-10(5-7-20)14-12(17)8-11(19)9-13(14)18/h4,8-9H,5-7,19H2,1-3H3. The summed E-state index contributed by atoms with van der Waals surface area (Å²) in [6, 6.07) is 2.19. The van der Waals surface area contributed by atoms with Gasteiger partial charge in [-0.15, -0.1) is 0 Å². The minimum atomic E-state index is -0.686. The van der Waals surface area contributed by atoms with E-state index in [0.29, 0.717) is 18.5 Å². The largest absolute Gasteiger partial charge is 0.444 e. The van der Waals surface area contributed by atoms with Crippen molar-refractivity contribution in [3.05, 3.63) is 35.4 Å². The topological polar surface area (TPSA) is 55.6 Å². The summed E-state index contributed by atoms with van der Waals surface area (Å²) in [6.45, 7) is 5.97. The first-order valence-electron chi connectivity index (χ1n) is 7.09. The minimum absolute atomic E-state index is 0.0468. The van der Waals surface area contributed by atoms with Crippen LogP contribution in [-0.2, 0) is 4.74 Å². The number of benzene rings is 1. The molecule has 120 valence electrons. The number of carbonyl (C=O) groups is 1. The number of carbonyl (C=O) groups excluding carboxylic acids is 1. The summed E-state index contributed by atoms with van der Waals surface area (Å²) in [5.74, 6) is -1.37. The third-order valence-electron chi connectivity index (χ3n) is 3.25. The van der Waals surface area contributed by atoms with Crippen molar-refractivity contribution in [1.82, 2.24) is 4.90 Å². The van der Waals surface area contributed by atoms with E-state index in [1.54, 1.807) is 26.8 Å². The van der Waals surface area contributed by atoms with Gasteiger partial charge in [-0.05, 0) is 44.9 Å². The Balaban J connectivity index is 2.14. The number of nitrogens with two attached hydrogens (primary N) is 1. The van der Waals surface area contributed by atoms with E-state index in [9.17, 15) is 13.6 Å². The number of ether oxygens (including phenoxy) is 1. The normalized spacial score (nSPS) is 15.5. The Labute approximate surface area is 128 Å². The molecular weight excluding hydrogens is 290 g/mol. The SMILES string of the molecule is CC(C)(C)OC(=O)N1CC=C(c2c(F)cc(N)cc2F)CC1. The van der Waals surface area contributed by atoms with Crippen LogP contribution >= 0.6 is 0 Å². The fraction of sp³-hybridized carbons (Fsp3) is 0.438. The van der Waals surface area contributed by atoms with Gasteiger partial charge in [0, 0.05) is 24.3 Å². The molecule has 0 saturated carbocycles. The quantitative estimate of drug-likeness (QED) is 0.807. The molecule has 0 fully saturated rings. The van der Waals surface area contributed by atoms with Crippen LogP contribution in [0.4, 0.5) is 19.3 Å². The van der Waals surface area contributed by atoms with E-state index in [2.05, 4.69) is 0 Å². The Hall–Kier alpha value is -2.11. The summed E-state index contributed by atoms with van der Waals surface area (Å²) in [4.78, 5) is 13.4. The Morgan fingerprint density at radius 1 is 1.27 bits per heavy atom. The highest BCUT2D eigenvalue weighted by molar-refractivity contribution is 5.73. The van der Waals surface area contributed by atoms with Crippen LogP contribution in [0.25, 0.3) is 5.57 Å². The van der Waals surface area contributed by atoms with Crippen LogP contribution in [0.5, 0.6) is 0 Å². The minimum Gasteiger partial charge on any atom is -0.444 e. The lowest BCUT2D eigenvalue weighted by Gasteiger charge is -2.29. The molecule has 0 aliphatic carbocycles. The van der Waals surface area contributed by atoms with Gasteiger partial charge in [-0.1, -0.05) is 6.08 Å². The molecule has 1 amide bonds. The van der Waals surface area contributed by atoms with Crippen molar-refractivity contribution in [3.8, 4) is 0 Å². The maximum absolute atomic E-state index is 13.9. The van der Waals surface area contributed by atoms with Gasteiger partial charge in [0.25, 0.3) is 0 Å². The highest BCUT2D eigenvalue weighted by atomic mass is 19.1. The summed E-state index contributed by atoms with van der Waals surface area (Å²) in [7, 11) is 0. The molecule has 0 atom stereocenters. The predicted molar refractivity (Wildman–Crippen MR) is 81.2 cm³/mol. The zero-order valence-electron chi connectivity index (χ0n) is 13.0. The van der Waals surface area contributed by atoms with Crippen molar-refractivity contribution in [3.63, 3.8) is 0 Å². The number of hydrogen-bond acceptors (Lipinski definition) is 3. The first kappa shape index (κ1) is 16.3. The van der Waals surface area contributed by atoms with E-state index >= 15 is 0 Å². The summed E-state index contributed by atoms with van der Waals surface area (Å²) < 4.78 is 33.1. The second-order valence-corrected chi connectivity index (χ2v) is 6.27. The molecule has 4 nitrogen and oxygen atoms in total. The summed E-state index contributed by atoms with van der Waals surface area (Å²) in [6.07, 6.45) is 1.57. The third kappa shape index (κ3) is 3.75. The molecule has 0 saturated heterocycles. The zero-order valence-corrected chi connectivity index (χ0v) is 13.0. The molecule has 1 aromatic carbocycles. The Morgan fingerprint density at radius 2 is 1.86 bits per heavy atom. The predicted octanol–water partition coefficient (Wildman–Crippen LogP) is 3.57. The number of nitrogens with zero attached hydrogens (tertiary/aromatic N) is 1. The summed E-state index contributed by atoms with van der Waals surface area (Å²) in [5, 5.41) is 0. The van der Waals surface area contributed by atoms with Gasteiger partial charge in [-0.25, -0.2) is 13.6 Å². The van der Waals surface area contributed by atoms with Crippen LogP contribution in [0.1, 0.15) is 32.8 Å². The number of rotatable bonds is 1. The van der Waals surface area contributed by atoms with Gasteiger partial charge in [0.05, 0.1) is 0 Å². The van der Waals surface area contributed by atoms with E-state index in [0.717, 1.165) is 12.1 Å².